The van der Waals surface area contributed by atoms with Gasteiger partial charge in [-0.3, -0.25) is 0 Å². The Balaban J connectivity index is 3.11. The minimum Gasteiger partial charge on any atom is -0.363 e. The summed E-state index contributed by atoms with van der Waals surface area (Å²) in [5.74, 6) is 2.17. The van der Waals surface area contributed by atoms with Crippen LogP contribution in [0.5, 0.6) is 0 Å². The number of anilines is 1. The van der Waals surface area contributed by atoms with Gasteiger partial charge in [0.15, 0.2) is 0 Å². The third kappa shape index (κ3) is 2.66. The van der Waals surface area contributed by atoms with Gasteiger partial charge in [-0.25, -0.2) is 9.97 Å². The highest BCUT2D eigenvalue weighted by atomic mass is 79.9. The van der Waals surface area contributed by atoms with Crippen molar-refractivity contribution in [3.05, 3.63) is 16.5 Å². The Morgan fingerprint density at radius 1 is 1.31 bits per heavy atom. The van der Waals surface area contributed by atoms with Crippen molar-refractivity contribution < 1.29 is 0 Å². The second-order valence-electron chi connectivity index (χ2n) is 3.46. The zero-order valence-corrected chi connectivity index (χ0v) is 9.96. The third-order valence-corrected chi connectivity index (χ3v) is 2.08. The second-order valence-corrected chi connectivity index (χ2v) is 4.27. The summed E-state index contributed by atoms with van der Waals surface area (Å²) >= 11 is 3.37. The summed E-state index contributed by atoms with van der Waals surface area (Å²) in [4.78, 5) is 10.7. The van der Waals surface area contributed by atoms with E-state index in [9.17, 15) is 0 Å². The molecule has 0 bridgehead atoms. The summed E-state index contributed by atoms with van der Waals surface area (Å²) in [6.45, 7) is 4.17. The molecule has 0 atom stereocenters. The van der Waals surface area contributed by atoms with Gasteiger partial charge in [0.25, 0.3) is 0 Å². The van der Waals surface area contributed by atoms with E-state index in [1.165, 1.54) is 0 Å². The van der Waals surface area contributed by atoms with Gasteiger partial charge >= 0.3 is 0 Å². The average molecular weight is 244 g/mol. The van der Waals surface area contributed by atoms with Crippen molar-refractivity contribution in [2.75, 3.05) is 19.0 Å². The van der Waals surface area contributed by atoms with Crippen LogP contribution in [-0.4, -0.2) is 24.1 Å². The molecule has 1 aromatic heterocycles. The molecule has 1 rings (SSSR count). The molecule has 0 aliphatic heterocycles. The Hall–Kier alpha value is -0.640. The van der Waals surface area contributed by atoms with Gasteiger partial charge in [-0.2, -0.15) is 0 Å². The first kappa shape index (κ1) is 10.4. The molecular formula is C9H14BrN3. The number of nitrogens with zero attached hydrogens (tertiary/aromatic N) is 3. The summed E-state index contributed by atoms with van der Waals surface area (Å²) in [5, 5.41) is 0. The zero-order valence-electron chi connectivity index (χ0n) is 8.37. The summed E-state index contributed by atoms with van der Waals surface area (Å²) in [7, 11) is 3.94. The van der Waals surface area contributed by atoms with Crippen LogP contribution < -0.4 is 4.90 Å². The van der Waals surface area contributed by atoms with Crippen molar-refractivity contribution in [1.29, 1.82) is 0 Å². The van der Waals surface area contributed by atoms with Gasteiger partial charge in [-0.05, 0) is 15.9 Å². The fourth-order valence-electron chi connectivity index (χ4n) is 0.910. The van der Waals surface area contributed by atoms with Gasteiger partial charge < -0.3 is 4.90 Å². The minimum atomic E-state index is 0.358. The lowest BCUT2D eigenvalue weighted by Crippen LogP contribution is -2.12. The lowest BCUT2D eigenvalue weighted by Gasteiger charge is -2.13. The Labute approximate surface area is 87.3 Å². The van der Waals surface area contributed by atoms with Gasteiger partial charge in [0.1, 0.15) is 16.2 Å². The van der Waals surface area contributed by atoms with Crippen LogP contribution in [0.25, 0.3) is 0 Å². The van der Waals surface area contributed by atoms with Crippen LogP contribution in [0.4, 0.5) is 5.82 Å². The van der Waals surface area contributed by atoms with E-state index >= 15 is 0 Å². The number of aromatic nitrogens is 2. The molecular weight excluding hydrogens is 230 g/mol. The number of hydrogen-bond acceptors (Lipinski definition) is 3. The first-order valence-corrected chi connectivity index (χ1v) is 5.02. The van der Waals surface area contributed by atoms with Crippen LogP contribution in [0.1, 0.15) is 25.6 Å². The number of hydrogen-bond donors (Lipinski definition) is 0. The normalized spacial score (nSPS) is 10.6. The minimum absolute atomic E-state index is 0.358. The van der Waals surface area contributed by atoms with Gasteiger partial charge in [0.05, 0.1) is 0 Å². The largest absolute Gasteiger partial charge is 0.363 e. The van der Waals surface area contributed by atoms with Crippen molar-refractivity contribution in [2.45, 2.75) is 19.8 Å². The highest BCUT2D eigenvalue weighted by molar-refractivity contribution is 9.10. The average Bonchev–Trinajstić information content (AvgIpc) is 2.03. The van der Waals surface area contributed by atoms with Crippen LogP contribution in [0, 0.1) is 0 Å². The molecule has 1 aromatic rings. The van der Waals surface area contributed by atoms with E-state index in [0.29, 0.717) is 5.92 Å². The van der Waals surface area contributed by atoms with Crippen molar-refractivity contribution in [3.8, 4) is 0 Å². The molecule has 4 heteroatoms. The van der Waals surface area contributed by atoms with Crippen molar-refractivity contribution in [3.63, 3.8) is 0 Å². The second kappa shape index (κ2) is 4.05. The van der Waals surface area contributed by atoms with Crippen molar-refractivity contribution in [1.82, 2.24) is 9.97 Å². The van der Waals surface area contributed by atoms with E-state index in [2.05, 4.69) is 39.7 Å². The highest BCUT2D eigenvalue weighted by Crippen LogP contribution is 2.18. The van der Waals surface area contributed by atoms with E-state index in [1.807, 2.05) is 25.1 Å². The quantitative estimate of drug-likeness (QED) is 0.748. The maximum atomic E-state index is 4.42. The van der Waals surface area contributed by atoms with Crippen LogP contribution in [0.15, 0.2) is 10.7 Å². The van der Waals surface area contributed by atoms with Crippen LogP contribution >= 0.6 is 15.9 Å². The monoisotopic (exact) mass is 243 g/mol. The molecule has 1 heterocycles. The van der Waals surface area contributed by atoms with Crippen LogP contribution in [-0.2, 0) is 0 Å². The summed E-state index contributed by atoms with van der Waals surface area (Å²) in [6, 6.07) is 1.91. The lowest BCUT2D eigenvalue weighted by molar-refractivity contribution is 0.765. The van der Waals surface area contributed by atoms with Gasteiger partial charge in [-0.1, -0.05) is 13.8 Å². The SMILES string of the molecule is CC(C)c1nc(Br)cc(N(C)C)n1. The Bertz CT molecular complexity index is 271. The molecule has 0 amide bonds. The molecule has 72 valence electrons. The number of rotatable bonds is 2. The first-order valence-electron chi connectivity index (χ1n) is 4.22. The molecule has 13 heavy (non-hydrogen) atoms. The van der Waals surface area contributed by atoms with Crippen LogP contribution in [0.3, 0.4) is 0 Å². The molecule has 3 nitrogen and oxygen atoms in total. The summed E-state index contributed by atoms with van der Waals surface area (Å²) in [6.07, 6.45) is 0. The smallest absolute Gasteiger partial charge is 0.134 e. The Morgan fingerprint density at radius 3 is 2.38 bits per heavy atom. The van der Waals surface area contributed by atoms with E-state index in [4.69, 9.17) is 0 Å². The van der Waals surface area contributed by atoms with E-state index in [0.717, 1.165) is 16.2 Å². The lowest BCUT2D eigenvalue weighted by atomic mass is 10.2. The molecule has 0 radical (unpaired) electrons. The van der Waals surface area contributed by atoms with Gasteiger partial charge in [0, 0.05) is 26.1 Å². The standard InChI is InChI=1S/C9H14BrN3/c1-6(2)9-11-7(10)5-8(12-9)13(3)4/h5-6H,1-4H3. The van der Waals surface area contributed by atoms with Gasteiger partial charge in [0.2, 0.25) is 0 Å². The Kier molecular flexibility index (Phi) is 3.25. The Morgan fingerprint density at radius 2 is 1.92 bits per heavy atom. The molecule has 0 N–H and O–H groups in total. The maximum Gasteiger partial charge on any atom is 0.134 e. The summed E-state index contributed by atoms with van der Waals surface area (Å²) in [5.41, 5.74) is 0. The first-order chi connectivity index (χ1) is 6.00. The fraction of sp³-hybridized carbons (Fsp3) is 0.556. The molecule has 0 saturated carbocycles. The molecule has 0 saturated heterocycles. The molecule has 0 aliphatic rings. The predicted molar refractivity (Wildman–Crippen MR) is 58.1 cm³/mol. The van der Waals surface area contributed by atoms with Crippen LogP contribution in [0.2, 0.25) is 0 Å². The fourth-order valence-corrected chi connectivity index (χ4v) is 1.30. The highest BCUT2D eigenvalue weighted by Gasteiger charge is 2.07. The van der Waals surface area contributed by atoms with E-state index in [-0.39, 0.29) is 0 Å². The van der Waals surface area contributed by atoms with Crippen molar-refractivity contribution >= 4 is 21.7 Å². The summed E-state index contributed by atoms with van der Waals surface area (Å²) < 4.78 is 0.843. The zero-order chi connectivity index (χ0) is 10.0. The molecule has 0 spiro atoms. The number of halogens is 1. The topological polar surface area (TPSA) is 29.0 Å². The molecule has 0 aromatic carbocycles. The predicted octanol–water partition coefficient (Wildman–Crippen LogP) is 2.43. The van der Waals surface area contributed by atoms with Gasteiger partial charge in [-0.15, -0.1) is 0 Å². The molecule has 0 unspecified atom stereocenters. The molecule has 0 aliphatic carbocycles. The van der Waals surface area contributed by atoms with E-state index in [1.54, 1.807) is 0 Å². The third-order valence-electron chi connectivity index (χ3n) is 1.67. The van der Waals surface area contributed by atoms with Crippen molar-refractivity contribution in [2.24, 2.45) is 0 Å². The molecule has 0 fully saturated rings. The van der Waals surface area contributed by atoms with E-state index < -0.39 is 0 Å². The maximum absolute atomic E-state index is 4.42.